The maximum Gasteiger partial charge on any atom is 0.413 e. The summed E-state index contributed by atoms with van der Waals surface area (Å²) >= 11 is 12.6. The molecular formula is C35H29Cl2N3O4. The number of ether oxygens (including phenoxy) is 2. The van der Waals surface area contributed by atoms with Crippen molar-refractivity contribution in [3.63, 3.8) is 0 Å². The largest absolute Gasteiger partial charge is 0.465 e. The van der Waals surface area contributed by atoms with Crippen LogP contribution in [0.1, 0.15) is 27.3 Å². The summed E-state index contributed by atoms with van der Waals surface area (Å²) in [5, 5.41) is 1.06. The predicted molar refractivity (Wildman–Crippen MR) is 176 cm³/mol. The standard InChI is InChI=1S/C35H29Cl2N3O4/c1-39(35(42)44-3)29-6-4-5-27(19-29)25-12-7-23(8-13-25)11-18-33-38-32(30-17-16-28(36)20-31(30)37)22-40(33)21-24-9-14-26(15-10-24)34(41)43-2/h4-20,22H,21H2,1-3H3/b18-11+. The Bertz CT molecular complexity index is 1830. The topological polar surface area (TPSA) is 73.7 Å². The van der Waals surface area contributed by atoms with E-state index in [-0.39, 0.29) is 5.97 Å². The fourth-order valence-electron chi connectivity index (χ4n) is 4.67. The fraction of sp³-hybridized carbons (Fsp3) is 0.114. The minimum absolute atomic E-state index is 0.380. The van der Waals surface area contributed by atoms with Gasteiger partial charge in [-0.2, -0.15) is 0 Å². The van der Waals surface area contributed by atoms with E-state index < -0.39 is 6.09 Å². The van der Waals surface area contributed by atoms with Gasteiger partial charge in [-0.25, -0.2) is 14.6 Å². The number of anilines is 1. The number of benzene rings is 4. The van der Waals surface area contributed by atoms with Gasteiger partial charge in [-0.1, -0.05) is 77.8 Å². The molecule has 1 amide bonds. The Balaban J connectivity index is 1.42. The van der Waals surface area contributed by atoms with Gasteiger partial charge in [0, 0.05) is 36.1 Å². The number of carbonyl (C=O) groups is 2. The molecule has 1 aromatic heterocycles. The number of halogens is 2. The average molecular weight is 627 g/mol. The van der Waals surface area contributed by atoms with Gasteiger partial charge >= 0.3 is 12.1 Å². The van der Waals surface area contributed by atoms with Gasteiger partial charge in [0.05, 0.1) is 30.5 Å². The number of nitrogens with zero attached hydrogens (tertiary/aromatic N) is 3. The molecule has 0 fully saturated rings. The zero-order valence-electron chi connectivity index (χ0n) is 24.3. The molecule has 0 saturated carbocycles. The van der Waals surface area contributed by atoms with Crippen molar-refractivity contribution in [1.29, 1.82) is 0 Å². The highest BCUT2D eigenvalue weighted by Gasteiger charge is 2.14. The Kier molecular flexibility index (Phi) is 9.48. The van der Waals surface area contributed by atoms with Crippen molar-refractivity contribution in [2.45, 2.75) is 6.54 Å². The molecule has 5 aromatic rings. The van der Waals surface area contributed by atoms with Crippen molar-refractivity contribution in [2.75, 3.05) is 26.2 Å². The van der Waals surface area contributed by atoms with E-state index in [2.05, 4.69) is 0 Å². The van der Waals surface area contributed by atoms with Crippen LogP contribution in [0.15, 0.2) is 97.2 Å². The number of amides is 1. The SMILES string of the molecule is COC(=O)c1ccc(Cn2cc(-c3ccc(Cl)cc3Cl)nc2/C=C/c2ccc(-c3cccc(N(C)C(=O)OC)c3)cc2)cc1. The quantitative estimate of drug-likeness (QED) is 0.161. The molecule has 0 N–H and O–H groups in total. The molecule has 0 atom stereocenters. The first kappa shape index (κ1) is 30.6. The number of hydrogen-bond acceptors (Lipinski definition) is 5. The van der Waals surface area contributed by atoms with Crippen LogP contribution in [0, 0.1) is 0 Å². The lowest BCUT2D eigenvalue weighted by Crippen LogP contribution is -2.25. The highest BCUT2D eigenvalue weighted by Crippen LogP contribution is 2.31. The van der Waals surface area contributed by atoms with E-state index in [1.54, 1.807) is 31.3 Å². The first-order valence-electron chi connectivity index (χ1n) is 13.7. The summed E-state index contributed by atoms with van der Waals surface area (Å²) < 4.78 is 11.7. The number of imidazole rings is 1. The molecule has 0 aliphatic carbocycles. The Morgan fingerprint density at radius 1 is 0.864 bits per heavy atom. The highest BCUT2D eigenvalue weighted by atomic mass is 35.5. The number of esters is 1. The molecule has 222 valence electrons. The van der Waals surface area contributed by atoms with E-state index in [0.29, 0.717) is 27.8 Å². The van der Waals surface area contributed by atoms with Crippen molar-refractivity contribution in [2.24, 2.45) is 0 Å². The first-order valence-corrected chi connectivity index (χ1v) is 14.4. The zero-order chi connectivity index (χ0) is 31.2. The minimum Gasteiger partial charge on any atom is -0.465 e. The molecule has 9 heteroatoms. The van der Waals surface area contributed by atoms with Crippen LogP contribution in [-0.2, 0) is 16.0 Å². The minimum atomic E-state index is -0.430. The van der Waals surface area contributed by atoms with Crippen LogP contribution < -0.4 is 4.90 Å². The van der Waals surface area contributed by atoms with Crippen LogP contribution >= 0.6 is 23.2 Å². The molecule has 1 heterocycles. The highest BCUT2D eigenvalue weighted by molar-refractivity contribution is 6.36. The van der Waals surface area contributed by atoms with Crippen molar-refractivity contribution < 1.29 is 19.1 Å². The summed E-state index contributed by atoms with van der Waals surface area (Å²) in [5.74, 6) is 0.348. The number of carbonyl (C=O) groups excluding carboxylic acids is 2. The summed E-state index contributed by atoms with van der Waals surface area (Å²) in [4.78, 5) is 30.2. The third kappa shape index (κ3) is 7.02. The normalized spacial score (nSPS) is 11.0. The van der Waals surface area contributed by atoms with Crippen LogP contribution in [0.3, 0.4) is 0 Å². The lowest BCUT2D eigenvalue weighted by atomic mass is 10.0. The Morgan fingerprint density at radius 2 is 1.61 bits per heavy atom. The van der Waals surface area contributed by atoms with E-state index in [9.17, 15) is 9.59 Å². The lowest BCUT2D eigenvalue weighted by molar-refractivity contribution is 0.0600. The summed E-state index contributed by atoms with van der Waals surface area (Å²) in [7, 11) is 4.40. The number of aromatic nitrogens is 2. The van der Waals surface area contributed by atoms with Crippen molar-refractivity contribution in [1.82, 2.24) is 9.55 Å². The van der Waals surface area contributed by atoms with Crippen molar-refractivity contribution >= 4 is 53.1 Å². The zero-order valence-corrected chi connectivity index (χ0v) is 25.8. The predicted octanol–water partition coefficient (Wildman–Crippen LogP) is 8.73. The maximum absolute atomic E-state index is 11.9. The Labute approximate surface area is 265 Å². The van der Waals surface area contributed by atoms with Gasteiger partial charge in [0.1, 0.15) is 5.82 Å². The van der Waals surface area contributed by atoms with E-state index in [1.807, 2.05) is 89.6 Å². The second-order valence-electron chi connectivity index (χ2n) is 9.96. The van der Waals surface area contributed by atoms with E-state index >= 15 is 0 Å². The third-order valence-electron chi connectivity index (χ3n) is 7.09. The van der Waals surface area contributed by atoms with Crippen LogP contribution in [0.5, 0.6) is 0 Å². The molecule has 0 bridgehead atoms. The van der Waals surface area contributed by atoms with E-state index in [0.717, 1.165) is 39.3 Å². The number of hydrogen-bond donors (Lipinski definition) is 0. The van der Waals surface area contributed by atoms with Gasteiger partial charge < -0.3 is 14.0 Å². The van der Waals surface area contributed by atoms with Gasteiger partial charge in [-0.3, -0.25) is 4.90 Å². The summed E-state index contributed by atoms with van der Waals surface area (Å²) in [5.41, 5.74) is 6.68. The molecule has 4 aromatic carbocycles. The monoisotopic (exact) mass is 625 g/mol. The van der Waals surface area contributed by atoms with Crippen LogP contribution in [0.2, 0.25) is 10.0 Å². The summed E-state index contributed by atoms with van der Waals surface area (Å²) in [6.45, 7) is 0.522. The molecule has 0 spiro atoms. The van der Waals surface area contributed by atoms with E-state index in [1.165, 1.54) is 19.1 Å². The summed E-state index contributed by atoms with van der Waals surface area (Å²) in [6.07, 6.45) is 5.47. The number of rotatable bonds is 8. The number of methoxy groups -OCH3 is 2. The summed E-state index contributed by atoms with van der Waals surface area (Å²) in [6, 6.07) is 28.4. The Morgan fingerprint density at radius 3 is 2.30 bits per heavy atom. The van der Waals surface area contributed by atoms with Gasteiger partial charge in [-0.15, -0.1) is 0 Å². The first-order chi connectivity index (χ1) is 21.2. The van der Waals surface area contributed by atoms with Gasteiger partial charge in [0.15, 0.2) is 0 Å². The Hall–Kier alpha value is -4.85. The molecule has 0 unspecified atom stereocenters. The molecule has 7 nitrogen and oxygen atoms in total. The maximum atomic E-state index is 11.9. The van der Waals surface area contributed by atoms with E-state index in [4.69, 9.17) is 37.7 Å². The smallest absolute Gasteiger partial charge is 0.413 e. The van der Waals surface area contributed by atoms with Crippen LogP contribution in [0.25, 0.3) is 34.5 Å². The fourth-order valence-corrected chi connectivity index (χ4v) is 5.18. The molecular weight excluding hydrogens is 597 g/mol. The third-order valence-corrected chi connectivity index (χ3v) is 7.64. The van der Waals surface area contributed by atoms with Gasteiger partial charge in [-0.05, 0) is 70.8 Å². The molecule has 44 heavy (non-hydrogen) atoms. The van der Waals surface area contributed by atoms with Crippen molar-refractivity contribution in [3.05, 3.63) is 130 Å². The second kappa shape index (κ2) is 13.6. The average Bonchev–Trinajstić information content (AvgIpc) is 3.45. The van der Waals surface area contributed by atoms with Crippen LogP contribution in [0.4, 0.5) is 10.5 Å². The van der Waals surface area contributed by atoms with Gasteiger partial charge in [0.25, 0.3) is 0 Å². The molecule has 0 aliphatic rings. The van der Waals surface area contributed by atoms with Crippen LogP contribution in [-0.4, -0.2) is 42.9 Å². The molecule has 5 rings (SSSR count). The van der Waals surface area contributed by atoms with Crippen molar-refractivity contribution in [3.8, 4) is 22.4 Å². The molecule has 0 saturated heterocycles. The molecule has 0 radical (unpaired) electrons. The lowest BCUT2D eigenvalue weighted by Gasteiger charge is -2.16. The molecule has 0 aliphatic heterocycles. The van der Waals surface area contributed by atoms with Gasteiger partial charge in [0.2, 0.25) is 0 Å². The second-order valence-corrected chi connectivity index (χ2v) is 10.8.